The van der Waals surface area contributed by atoms with Gasteiger partial charge in [0.2, 0.25) is 0 Å². The average Bonchev–Trinajstić information content (AvgIpc) is 2.94. The first-order valence-electron chi connectivity index (χ1n) is 7.22. The molecule has 18 heavy (non-hydrogen) atoms. The quantitative estimate of drug-likeness (QED) is 0.857. The van der Waals surface area contributed by atoms with Crippen LogP contribution >= 0.6 is 11.8 Å². The van der Waals surface area contributed by atoms with Gasteiger partial charge in [-0.2, -0.15) is 11.8 Å². The number of rotatable bonds is 6. The van der Waals surface area contributed by atoms with Gasteiger partial charge in [-0.1, -0.05) is 6.92 Å². The minimum Gasteiger partial charge on any atom is -0.330 e. The molecule has 0 saturated heterocycles. The number of imidazole rings is 1. The molecule has 0 aliphatic heterocycles. The van der Waals surface area contributed by atoms with Crippen molar-refractivity contribution >= 4 is 11.8 Å². The molecule has 0 radical (unpaired) electrons. The highest BCUT2D eigenvalue weighted by Gasteiger charge is 2.27. The number of aromatic nitrogens is 2. The molecule has 4 heteroatoms. The highest BCUT2D eigenvalue weighted by Crippen LogP contribution is 2.35. The molecular weight excluding hydrogens is 242 g/mol. The number of hydrogen-bond acceptors (Lipinski definition) is 3. The third-order valence-corrected chi connectivity index (χ3v) is 5.28. The molecule has 2 atom stereocenters. The zero-order chi connectivity index (χ0) is 12.4. The van der Waals surface area contributed by atoms with Crippen LogP contribution in [0.2, 0.25) is 0 Å². The highest BCUT2D eigenvalue weighted by molar-refractivity contribution is 7.99. The van der Waals surface area contributed by atoms with Crippen molar-refractivity contribution in [3.63, 3.8) is 0 Å². The van der Waals surface area contributed by atoms with Crippen molar-refractivity contribution in [1.82, 2.24) is 14.9 Å². The van der Waals surface area contributed by atoms with Crippen molar-refractivity contribution in [3.05, 3.63) is 18.2 Å². The largest absolute Gasteiger partial charge is 0.330 e. The molecule has 1 aromatic rings. The van der Waals surface area contributed by atoms with Gasteiger partial charge in [-0.15, -0.1) is 0 Å². The first kappa shape index (κ1) is 12.5. The van der Waals surface area contributed by atoms with Crippen LogP contribution in [0.25, 0.3) is 0 Å². The third kappa shape index (κ3) is 2.91. The Labute approximate surface area is 114 Å². The number of nitrogens with zero attached hydrogens (tertiary/aromatic N) is 2. The fourth-order valence-electron chi connectivity index (χ4n) is 2.91. The maximum atomic E-state index is 4.29. The van der Waals surface area contributed by atoms with Crippen LogP contribution < -0.4 is 5.32 Å². The van der Waals surface area contributed by atoms with Gasteiger partial charge in [-0.25, -0.2) is 4.98 Å². The summed E-state index contributed by atoms with van der Waals surface area (Å²) in [7, 11) is 0. The first-order chi connectivity index (χ1) is 8.86. The molecule has 1 heterocycles. The van der Waals surface area contributed by atoms with Crippen LogP contribution in [0.4, 0.5) is 0 Å². The van der Waals surface area contributed by atoms with Crippen LogP contribution in [0, 0.1) is 0 Å². The summed E-state index contributed by atoms with van der Waals surface area (Å²) in [5.74, 6) is 1.26. The Hall–Kier alpha value is -0.480. The predicted molar refractivity (Wildman–Crippen MR) is 76.9 cm³/mol. The van der Waals surface area contributed by atoms with Gasteiger partial charge in [0.05, 0.1) is 12.0 Å². The van der Waals surface area contributed by atoms with Crippen molar-refractivity contribution in [2.75, 3.05) is 5.75 Å². The van der Waals surface area contributed by atoms with Crippen molar-refractivity contribution in [2.45, 2.75) is 62.9 Å². The second-order valence-electron chi connectivity index (χ2n) is 5.49. The van der Waals surface area contributed by atoms with Gasteiger partial charge in [-0.05, 0) is 37.9 Å². The van der Waals surface area contributed by atoms with Crippen LogP contribution in [-0.4, -0.2) is 26.6 Å². The summed E-state index contributed by atoms with van der Waals surface area (Å²) in [5.41, 5.74) is 1.36. The molecule has 1 N–H and O–H groups in total. The van der Waals surface area contributed by atoms with Gasteiger partial charge < -0.3 is 9.88 Å². The van der Waals surface area contributed by atoms with Crippen molar-refractivity contribution in [2.24, 2.45) is 0 Å². The number of hydrogen-bond donors (Lipinski definition) is 1. The maximum absolute atomic E-state index is 4.29. The van der Waals surface area contributed by atoms with E-state index in [9.17, 15) is 0 Å². The fraction of sp³-hybridized carbons (Fsp3) is 0.786. The van der Waals surface area contributed by atoms with Crippen LogP contribution in [0.5, 0.6) is 0 Å². The first-order valence-corrected chi connectivity index (χ1v) is 8.27. The highest BCUT2D eigenvalue weighted by atomic mass is 32.2. The second kappa shape index (κ2) is 5.66. The molecular formula is C14H23N3S. The van der Waals surface area contributed by atoms with E-state index < -0.39 is 0 Å². The third-order valence-electron chi connectivity index (χ3n) is 4.05. The van der Waals surface area contributed by atoms with E-state index >= 15 is 0 Å². The molecule has 2 fully saturated rings. The van der Waals surface area contributed by atoms with Crippen LogP contribution in [0.3, 0.4) is 0 Å². The molecule has 1 aromatic heterocycles. The van der Waals surface area contributed by atoms with Crippen LogP contribution in [0.1, 0.15) is 50.8 Å². The molecule has 2 saturated carbocycles. The van der Waals surface area contributed by atoms with Gasteiger partial charge in [0.25, 0.3) is 0 Å². The topological polar surface area (TPSA) is 29.9 Å². The average molecular weight is 265 g/mol. The monoisotopic (exact) mass is 265 g/mol. The van der Waals surface area contributed by atoms with Crippen molar-refractivity contribution in [1.29, 1.82) is 0 Å². The van der Waals surface area contributed by atoms with Crippen LogP contribution in [-0.2, 0) is 6.54 Å². The normalized spacial score (nSPS) is 27.8. The Bertz CT molecular complexity index is 386. The van der Waals surface area contributed by atoms with E-state index in [1.54, 1.807) is 0 Å². The zero-order valence-corrected chi connectivity index (χ0v) is 12.0. The molecule has 2 aliphatic rings. The smallest absolute Gasteiger partial charge is 0.0951 e. The van der Waals surface area contributed by atoms with Crippen molar-refractivity contribution < 1.29 is 0 Å². The Balaban J connectivity index is 1.48. The van der Waals surface area contributed by atoms with E-state index in [2.05, 4.69) is 33.6 Å². The maximum Gasteiger partial charge on any atom is 0.0951 e. The molecule has 100 valence electrons. The van der Waals surface area contributed by atoms with E-state index in [-0.39, 0.29) is 0 Å². The van der Waals surface area contributed by atoms with E-state index in [1.165, 1.54) is 43.6 Å². The molecule has 3 nitrogen and oxygen atoms in total. The Morgan fingerprint density at radius 2 is 2.28 bits per heavy atom. The summed E-state index contributed by atoms with van der Waals surface area (Å²) in [5, 5.41) is 4.61. The zero-order valence-electron chi connectivity index (χ0n) is 11.1. The lowest BCUT2D eigenvalue weighted by atomic mass is 10.2. The van der Waals surface area contributed by atoms with Gasteiger partial charge in [0.1, 0.15) is 0 Å². The standard InChI is InChI=1S/C14H23N3S/c1-2-18-14-6-3-11(7-14)16-9-13-8-15-10-17(13)12-4-5-12/h8,10-12,14,16H,2-7,9H2,1H3. The summed E-state index contributed by atoms with van der Waals surface area (Å²) in [4.78, 5) is 4.29. The Morgan fingerprint density at radius 1 is 1.39 bits per heavy atom. The molecule has 0 spiro atoms. The number of nitrogens with one attached hydrogen (secondary N) is 1. The van der Waals surface area contributed by atoms with E-state index in [1.807, 2.05) is 12.5 Å². The summed E-state index contributed by atoms with van der Waals surface area (Å²) in [6.07, 6.45) is 10.8. The van der Waals surface area contributed by atoms with Crippen LogP contribution in [0.15, 0.2) is 12.5 Å². The SMILES string of the molecule is CCSC1CCC(NCc2cncn2C2CC2)C1. The number of thioether (sulfide) groups is 1. The molecule has 0 amide bonds. The Kier molecular flexibility index (Phi) is 3.94. The summed E-state index contributed by atoms with van der Waals surface area (Å²) in [6.45, 7) is 3.25. The fourth-order valence-corrected chi connectivity index (χ4v) is 4.05. The van der Waals surface area contributed by atoms with Gasteiger partial charge >= 0.3 is 0 Å². The molecule has 0 bridgehead atoms. The molecule has 2 unspecified atom stereocenters. The second-order valence-corrected chi connectivity index (χ2v) is 7.07. The minimum atomic E-state index is 0.719. The lowest BCUT2D eigenvalue weighted by molar-refractivity contribution is 0.508. The molecule has 3 rings (SSSR count). The lowest BCUT2D eigenvalue weighted by Gasteiger charge is -2.14. The van der Waals surface area contributed by atoms with E-state index in [4.69, 9.17) is 0 Å². The van der Waals surface area contributed by atoms with Crippen molar-refractivity contribution in [3.8, 4) is 0 Å². The molecule has 2 aliphatic carbocycles. The summed E-state index contributed by atoms with van der Waals surface area (Å²) >= 11 is 2.13. The van der Waals surface area contributed by atoms with Gasteiger partial charge in [0.15, 0.2) is 0 Å². The van der Waals surface area contributed by atoms with Gasteiger partial charge in [0, 0.05) is 30.1 Å². The Morgan fingerprint density at radius 3 is 3.06 bits per heavy atom. The van der Waals surface area contributed by atoms with E-state index in [0.717, 1.165) is 23.9 Å². The summed E-state index contributed by atoms with van der Waals surface area (Å²) < 4.78 is 2.36. The summed E-state index contributed by atoms with van der Waals surface area (Å²) in [6, 6.07) is 1.47. The predicted octanol–water partition coefficient (Wildman–Crippen LogP) is 2.98. The minimum absolute atomic E-state index is 0.719. The van der Waals surface area contributed by atoms with Gasteiger partial charge in [-0.3, -0.25) is 0 Å². The van der Waals surface area contributed by atoms with E-state index in [0.29, 0.717) is 0 Å². The lowest BCUT2D eigenvalue weighted by Crippen LogP contribution is -2.27. The molecule has 0 aromatic carbocycles.